The number of hydrogen-bond donors (Lipinski definition) is 1. The van der Waals surface area contributed by atoms with E-state index in [4.69, 9.17) is 30.5 Å². The van der Waals surface area contributed by atoms with Gasteiger partial charge in [0, 0.05) is 18.7 Å². The van der Waals surface area contributed by atoms with Crippen LogP contribution in [0.15, 0.2) is 65.9 Å². The number of para-hydroxylation sites is 1. The van der Waals surface area contributed by atoms with E-state index in [9.17, 15) is 14.4 Å². The van der Waals surface area contributed by atoms with Crippen LogP contribution in [0.2, 0.25) is 0 Å². The number of nitrogens with one attached hydrogen (secondary N) is 1. The minimum Gasteiger partial charge on any atom is -0.497 e. The maximum absolute atomic E-state index is 13.3. The average Bonchev–Trinajstić information content (AvgIpc) is 2.93. The van der Waals surface area contributed by atoms with Crippen molar-refractivity contribution in [3.05, 3.63) is 71.4 Å². The Morgan fingerprint density at radius 1 is 1.11 bits per heavy atom. The molecule has 2 atom stereocenters. The number of nitrogens with zero attached hydrogens (tertiary/aromatic N) is 1. The Hall–Kier alpha value is -3.21. The summed E-state index contributed by atoms with van der Waals surface area (Å²) < 4.78 is 21.6. The van der Waals surface area contributed by atoms with Crippen molar-refractivity contribution in [1.29, 1.82) is 0 Å². The normalized spacial score (nSPS) is 20.8. The first-order chi connectivity index (χ1) is 17.4. The number of esters is 1. The van der Waals surface area contributed by atoms with Crippen LogP contribution in [-0.2, 0) is 30.5 Å². The molecule has 0 saturated carbocycles. The molecule has 0 spiro atoms. The monoisotopic (exact) mass is 532 g/mol. The lowest BCUT2D eigenvalue weighted by atomic mass is 9.98. The highest BCUT2D eigenvalue weighted by atomic mass is 35.5. The van der Waals surface area contributed by atoms with Gasteiger partial charge in [-0.2, -0.15) is 0 Å². The summed E-state index contributed by atoms with van der Waals surface area (Å²) in [5.41, 5.74) is -0.240. The first-order valence-corrected chi connectivity index (χ1v) is 12.6. The van der Waals surface area contributed by atoms with E-state index < -0.39 is 28.9 Å². The van der Waals surface area contributed by atoms with E-state index in [2.05, 4.69) is 5.32 Å². The molecule has 36 heavy (non-hydrogen) atoms. The zero-order valence-corrected chi connectivity index (χ0v) is 21.3. The number of ether oxygens (including phenoxy) is 4. The fourth-order valence-corrected chi connectivity index (χ4v) is 5.65. The van der Waals surface area contributed by atoms with Gasteiger partial charge >= 0.3 is 5.97 Å². The molecule has 2 heterocycles. The van der Waals surface area contributed by atoms with Gasteiger partial charge in [0.2, 0.25) is 0 Å². The van der Waals surface area contributed by atoms with E-state index in [1.807, 2.05) is 6.07 Å². The summed E-state index contributed by atoms with van der Waals surface area (Å²) in [7, 11) is 2.89. The Labute approximate surface area is 217 Å². The van der Waals surface area contributed by atoms with Gasteiger partial charge in [0.25, 0.3) is 17.5 Å². The summed E-state index contributed by atoms with van der Waals surface area (Å²) in [6.07, 6.45) is 0. The molecule has 2 aromatic rings. The summed E-state index contributed by atoms with van der Waals surface area (Å²) in [5.74, 6) is -0.185. The van der Waals surface area contributed by atoms with Crippen LogP contribution in [0.5, 0.6) is 11.5 Å². The van der Waals surface area contributed by atoms with E-state index in [1.165, 1.54) is 23.8 Å². The van der Waals surface area contributed by atoms with Crippen LogP contribution in [-0.4, -0.2) is 66.2 Å². The highest BCUT2D eigenvalue weighted by Crippen LogP contribution is 2.47. The third kappa shape index (κ3) is 5.02. The maximum Gasteiger partial charge on any atom is 0.355 e. The van der Waals surface area contributed by atoms with Gasteiger partial charge in [-0.1, -0.05) is 30.3 Å². The number of fused-ring (bicyclic) bond motifs is 1. The van der Waals surface area contributed by atoms with E-state index >= 15 is 0 Å². The molecule has 1 fully saturated rings. The second-order valence-corrected chi connectivity index (χ2v) is 9.27. The van der Waals surface area contributed by atoms with Gasteiger partial charge in [0.05, 0.1) is 7.11 Å². The van der Waals surface area contributed by atoms with Crippen molar-refractivity contribution < 1.29 is 33.3 Å². The Morgan fingerprint density at radius 2 is 1.83 bits per heavy atom. The quantitative estimate of drug-likeness (QED) is 0.216. The fourth-order valence-electron chi connectivity index (χ4n) is 3.88. The Bertz CT molecular complexity index is 1160. The van der Waals surface area contributed by atoms with Gasteiger partial charge in [0.1, 0.15) is 29.2 Å². The van der Waals surface area contributed by atoms with Gasteiger partial charge in [-0.3, -0.25) is 14.5 Å². The number of rotatable bonds is 10. The van der Waals surface area contributed by atoms with Crippen LogP contribution in [0.1, 0.15) is 5.56 Å². The van der Waals surface area contributed by atoms with Gasteiger partial charge in [-0.05, 0) is 35.4 Å². The largest absolute Gasteiger partial charge is 0.497 e. The van der Waals surface area contributed by atoms with Crippen LogP contribution in [0, 0.1) is 0 Å². The first-order valence-electron chi connectivity index (χ1n) is 11.0. The van der Waals surface area contributed by atoms with Crippen molar-refractivity contribution in [3.63, 3.8) is 0 Å². The molecule has 2 aliphatic heterocycles. The van der Waals surface area contributed by atoms with Crippen LogP contribution in [0.3, 0.4) is 0 Å². The number of hydrogen-bond acceptors (Lipinski definition) is 8. The standard InChI is InChI=1S/C25H25ClN2O7S/c1-32-18-10-8-16(9-11-18)13-35-22(30)21-17(12-26)15-36-24-25(33-2,23(31)28(21)24)27-20(29)14-34-19-6-4-3-5-7-19/h3-11,24H,12-15H2,1-2H3,(H,27,29)/t24-,25?/m0/s1. The molecular weight excluding hydrogens is 508 g/mol. The minimum atomic E-state index is -1.64. The van der Waals surface area contributed by atoms with Gasteiger partial charge in [-0.15, -0.1) is 23.4 Å². The SMILES string of the molecule is COc1ccc(COC(=O)C2=C(CCl)CS[C@@H]3N2C(=O)C3(NC(=O)COc2ccccc2)OC)cc1. The molecule has 0 aromatic heterocycles. The molecule has 11 heteroatoms. The highest BCUT2D eigenvalue weighted by Gasteiger charge is 2.66. The molecule has 2 aliphatic rings. The number of carbonyl (C=O) groups excluding carboxylic acids is 3. The molecule has 2 aromatic carbocycles. The van der Waals surface area contributed by atoms with E-state index in [0.29, 0.717) is 22.8 Å². The van der Waals surface area contributed by atoms with Crippen molar-refractivity contribution >= 4 is 41.1 Å². The van der Waals surface area contributed by atoms with Gasteiger partial charge in [0.15, 0.2) is 6.61 Å². The summed E-state index contributed by atoms with van der Waals surface area (Å²) in [6, 6.07) is 15.9. The molecule has 190 valence electrons. The van der Waals surface area contributed by atoms with Crippen LogP contribution >= 0.6 is 23.4 Å². The summed E-state index contributed by atoms with van der Waals surface area (Å²) in [5, 5.41) is 1.97. The number of β-lactam (4-membered cyclic amide) rings is 1. The number of carbonyl (C=O) groups is 3. The second kappa shape index (κ2) is 11.2. The van der Waals surface area contributed by atoms with E-state index in [-0.39, 0.29) is 24.8 Å². The molecule has 0 aliphatic carbocycles. The van der Waals surface area contributed by atoms with Gasteiger partial charge in [-0.25, -0.2) is 4.79 Å². The molecule has 1 saturated heterocycles. The number of thioether (sulfide) groups is 1. The molecule has 1 N–H and O–H groups in total. The van der Waals surface area contributed by atoms with Gasteiger partial charge < -0.3 is 24.3 Å². The molecule has 9 nitrogen and oxygen atoms in total. The molecular formula is C25H25ClN2O7S. The van der Waals surface area contributed by atoms with Crippen molar-refractivity contribution in [2.45, 2.75) is 17.7 Å². The number of methoxy groups -OCH3 is 2. The molecule has 0 bridgehead atoms. The summed E-state index contributed by atoms with van der Waals surface area (Å²) in [6.45, 7) is -0.302. The van der Waals surface area contributed by atoms with Crippen molar-refractivity contribution in [2.75, 3.05) is 32.5 Å². The molecule has 1 unspecified atom stereocenters. The number of benzene rings is 2. The predicted octanol–water partition coefficient (Wildman–Crippen LogP) is 2.68. The van der Waals surface area contributed by atoms with Crippen LogP contribution in [0.25, 0.3) is 0 Å². The Balaban J connectivity index is 1.45. The summed E-state index contributed by atoms with van der Waals surface area (Å²) in [4.78, 5) is 40.3. The lowest BCUT2D eigenvalue weighted by Gasteiger charge is -2.55. The smallest absolute Gasteiger partial charge is 0.355 e. The minimum absolute atomic E-state index is 0.00468. The first kappa shape index (κ1) is 25.9. The van der Waals surface area contributed by atoms with Crippen LogP contribution in [0.4, 0.5) is 0 Å². The lowest BCUT2D eigenvalue weighted by molar-refractivity contribution is -0.193. The zero-order chi connectivity index (χ0) is 25.7. The molecule has 0 radical (unpaired) electrons. The second-order valence-electron chi connectivity index (χ2n) is 7.94. The third-order valence-corrected chi connectivity index (χ3v) is 7.45. The lowest BCUT2D eigenvalue weighted by Crippen LogP contribution is -2.81. The maximum atomic E-state index is 13.3. The van der Waals surface area contributed by atoms with Crippen LogP contribution < -0.4 is 14.8 Å². The van der Waals surface area contributed by atoms with E-state index in [1.54, 1.807) is 55.6 Å². The van der Waals surface area contributed by atoms with E-state index in [0.717, 1.165) is 5.56 Å². The van der Waals surface area contributed by atoms with Crippen molar-refractivity contribution in [1.82, 2.24) is 10.2 Å². The number of alkyl halides is 1. The Kier molecular flexibility index (Phi) is 8.07. The topological polar surface area (TPSA) is 103 Å². The molecule has 4 rings (SSSR count). The fraction of sp³-hybridized carbons (Fsp3) is 0.320. The third-order valence-electron chi connectivity index (χ3n) is 5.75. The molecule has 2 amide bonds. The number of amides is 2. The zero-order valence-electron chi connectivity index (χ0n) is 19.7. The summed E-state index contributed by atoms with van der Waals surface area (Å²) >= 11 is 7.43. The number of halogens is 1. The van der Waals surface area contributed by atoms with Crippen molar-refractivity contribution in [3.8, 4) is 11.5 Å². The predicted molar refractivity (Wildman–Crippen MR) is 133 cm³/mol. The Morgan fingerprint density at radius 3 is 2.47 bits per heavy atom. The van der Waals surface area contributed by atoms with Crippen molar-refractivity contribution in [2.24, 2.45) is 0 Å². The average molecular weight is 533 g/mol. The highest BCUT2D eigenvalue weighted by molar-refractivity contribution is 8.00.